The van der Waals surface area contributed by atoms with Crippen molar-refractivity contribution in [2.24, 2.45) is 5.92 Å². The number of carbonyl (C=O) groups excluding carboxylic acids is 2. The largest absolute Gasteiger partial charge is 0.481 e. The lowest BCUT2D eigenvalue weighted by molar-refractivity contribution is -0.138. The number of ether oxygens (including phenoxy) is 1. The van der Waals surface area contributed by atoms with E-state index in [1.807, 2.05) is 0 Å². The highest BCUT2D eigenvalue weighted by Crippen LogP contribution is 2.36. The molecule has 2 heterocycles. The molecule has 1 fully saturated rings. The van der Waals surface area contributed by atoms with E-state index in [1.54, 1.807) is 25.2 Å². The van der Waals surface area contributed by atoms with E-state index in [0.29, 0.717) is 11.4 Å². The van der Waals surface area contributed by atoms with Crippen LogP contribution in [0, 0.1) is 5.92 Å². The number of carbonyl (C=O) groups is 2. The predicted octanol–water partition coefficient (Wildman–Crippen LogP) is 2.92. The van der Waals surface area contributed by atoms with Crippen LogP contribution < -0.4 is 10.1 Å². The number of hydrogen-bond acceptors (Lipinski definition) is 4. The molecule has 0 bridgehead atoms. The number of benzene rings is 1. The van der Waals surface area contributed by atoms with Crippen molar-refractivity contribution in [1.82, 2.24) is 9.88 Å². The molecule has 28 heavy (non-hydrogen) atoms. The summed E-state index contributed by atoms with van der Waals surface area (Å²) in [6.45, 7) is 0.230. The summed E-state index contributed by atoms with van der Waals surface area (Å²) in [7, 11) is 2.99. The molecule has 1 aromatic carbocycles. The Morgan fingerprint density at radius 1 is 1.21 bits per heavy atom. The second-order valence-corrected chi connectivity index (χ2v) is 6.48. The standard InChI is InChI=1S/C19H18F3N3O3/c1-25-10-13(11-6-8-12(9-7-11)19(20,21)22)16(18(25)27)17(26)24-14-4-3-5-15(23-14)28-2/h3-9,13,16H,10H2,1-2H3,(H,23,24,26)/t13-,16+/m0/s1. The van der Waals surface area contributed by atoms with Gasteiger partial charge in [0.05, 0.1) is 12.7 Å². The Kier molecular flexibility index (Phi) is 5.26. The number of amides is 2. The van der Waals surface area contributed by atoms with E-state index in [9.17, 15) is 22.8 Å². The van der Waals surface area contributed by atoms with Gasteiger partial charge in [-0.25, -0.2) is 0 Å². The molecule has 1 aliphatic heterocycles. The van der Waals surface area contributed by atoms with Gasteiger partial charge in [-0.05, 0) is 23.8 Å². The van der Waals surface area contributed by atoms with Gasteiger partial charge in [-0.3, -0.25) is 9.59 Å². The minimum absolute atomic E-state index is 0.220. The zero-order valence-corrected chi connectivity index (χ0v) is 15.2. The summed E-state index contributed by atoms with van der Waals surface area (Å²) in [5.41, 5.74) is -0.292. The third-order valence-electron chi connectivity index (χ3n) is 4.65. The summed E-state index contributed by atoms with van der Waals surface area (Å²) in [4.78, 5) is 30.7. The van der Waals surface area contributed by atoms with Crippen LogP contribution in [-0.4, -0.2) is 42.4 Å². The number of likely N-dealkylation sites (tertiary alicyclic amines) is 1. The Hall–Kier alpha value is -3.10. The van der Waals surface area contributed by atoms with Crippen LogP contribution in [0.2, 0.25) is 0 Å². The van der Waals surface area contributed by atoms with E-state index in [0.717, 1.165) is 12.1 Å². The van der Waals surface area contributed by atoms with E-state index in [2.05, 4.69) is 10.3 Å². The number of hydrogen-bond donors (Lipinski definition) is 1. The summed E-state index contributed by atoms with van der Waals surface area (Å²) in [6.07, 6.45) is -4.45. The molecule has 9 heteroatoms. The monoisotopic (exact) mass is 393 g/mol. The Morgan fingerprint density at radius 3 is 2.50 bits per heavy atom. The normalized spacial score (nSPS) is 19.6. The number of pyridine rings is 1. The van der Waals surface area contributed by atoms with Gasteiger partial charge in [-0.1, -0.05) is 18.2 Å². The van der Waals surface area contributed by atoms with Crippen LogP contribution in [0.3, 0.4) is 0 Å². The molecule has 0 aliphatic carbocycles. The Morgan fingerprint density at radius 2 is 1.89 bits per heavy atom. The zero-order valence-electron chi connectivity index (χ0n) is 15.2. The molecular weight excluding hydrogens is 375 g/mol. The van der Waals surface area contributed by atoms with Crippen molar-refractivity contribution in [3.05, 3.63) is 53.6 Å². The molecule has 0 unspecified atom stereocenters. The summed E-state index contributed by atoms with van der Waals surface area (Å²) < 4.78 is 43.4. The van der Waals surface area contributed by atoms with Crippen LogP contribution in [0.1, 0.15) is 17.0 Å². The van der Waals surface area contributed by atoms with Crippen LogP contribution >= 0.6 is 0 Å². The average Bonchev–Trinajstić information content (AvgIpc) is 2.96. The molecule has 6 nitrogen and oxygen atoms in total. The van der Waals surface area contributed by atoms with Crippen LogP contribution in [-0.2, 0) is 15.8 Å². The van der Waals surface area contributed by atoms with E-state index in [-0.39, 0.29) is 12.4 Å². The second-order valence-electron chi connectivity index (χ2n) is 6.48. The number of anilines is 1. The zero-order chi connectivity index (χ0) is 20.5. The van der Waals surface area contributed by atoms with Gasteiger partial charge in [0, 0.05) is 25.6 Å². The molecule has 0 saturated carbocycles. The van der Waals surface area contributed by atoms with E-state index < -0.39 is 35.4 Å². The van der Waals surface area contributed by atoms with Crippen LogP contribution in [0.25, 0.3) is 0 Å². The van der Waals surface area contributed by atoms with Crippen molar-refractivity contribution >= 4 is 17.6 Å². The van der Waals surface area contributed by atoms with Gasteiger partial charge >= 0.3 is 6.18 Å². The molecule has 2 amide bonds. The Balaban J connectivity index is 1.84. The average molecular weight is 393 g/mol. The van der Waals surface area contributed by atoms with Gasteiger partial charge in [-0.15, -0.1) is 0 Å². The van der Waals surface area contributed by atoms with Crippen LogP contribution in [0.4, 0.5) is 19.0 Å². The van der Waals surface area contributed by atoms with Gasteiger partial charge in [0.1, 0.15) is 11.7 Å². The first-order chi connectivity index (χ1) is 13.2. The van der Waals surface area contributed by atoms with Crippen molar-refractivity contribution in [3.8, 4) is 5.88 Å². The van der Waals surface area contributed by atoms with Gasteiger partial charge in [0.15, 0.2) is 0 Å². The summed E-state index contributed by atoms with van der Waals surface area (Å²) in [5.74, 6) is -2.07. The molecule has 3 rings (SSSR count). The highest BCUT2D eigenvalue weighted by atomic mass is 19.4. The summed E-state index contributed by atoms with van der Waals surface area (Å²) >= 11 is 0. The number of likely N-dealkylation sites (N-methyl/N-ethyl adjacent to an activating group) is 1. The van der Waals surface area contributed by atoms with Crippen LogP contribution in [0.15, 0.2) is 42.5 Å². The number of aromatic nitrogens is 1. The SMILES string of the molecule is COc1cccc(NC(=O)[C@@H]2C(=O)N(C)C[C@H]2c2ccc(C(F)(F)F)cc2)n1. The molecule has 0 spiro atoms. The minimum Gasteiger partial charge on any atom is -0.481 e. The first-order valence-electron chi connectivity index (χ1n) is 8.44. The second kappa shape index (κ2) is 7.49. The fourth-order valence-corrected chi connectivity index (χ4v) is 3.21. The molecule has 2 atom stereocenters. The van der Waals surface area contributed by atoms with Crippen molar-refractivity contribution < 1.29 is 27.5 Å². The van der Waals surface area contributed by atoms with Crippen LogP contribution in [0.5, 0.6) is 5.88 Å². The van der Waals surface area contributed by atoms with Gasteiger partial charge < -0.3 is 15.0 Å². The highest BCUT2D eigenvalue weighted by molar-refractivity contribution is 6.08. The summed E-state index contributed by atoms with van der Waals surface area (Å²) in [5, 5.41) is 2.59. The van der Waals surface area contributed by atoms with Gasteiger partial charge in [0.25, 0.3) is 0 Å². The van der Waals surface area contributed by atoms with E-state index >= 15 is 0 Å². The van der Waals surface area contributed by atoms with E-state index in [1.165, 1.54) is 24.1 Å². The topological polar surface area (TPSA) is 71.5 Å². The fourth-order valence-electron chi connectivity index (χ4n) is 3.21. The highest BCUT2D eigenvalue weighted by Gasteiger charge is 2.44. The molecule has 0 radical (unpaired) electrons. The maximum atomic E-state index is 12.8. The third kappa shape index (κ3) is 3.92. The van der Waals surface area contributed by atoms with Crippen molar-refractivity contribution in [2.45, 2.75) is 12.1 Å². The molecule has 1 saturated heterocycles. The fraction of sp³-hybridized carbons (Fsp3) is 0.316. The third-order valence-corrected chi connectivity index (χ3v) is 4.65. The molecular formula is C19H18F3N3O3. The number of alkyl halides is 3. The number of halogens is 3. The molecule has 1 aliphatic rings. The lowest BCUT2D eigenvalue weighted by atomic mass is 9.87. The number of nitrogens with one attached hydrogen (secondary N) is 1. The van der Waals surface area contributed by atoms with Gasteiger partial charge in [0.2, 0.25) is 17.7 Å². The number of rotatable bonds is 4. The summed E-state index contributed by atoms with van der Waals surface area (Å²) in [6, 6.07) is 9.32. The predicted molar refractivity (Wildman–Crippen MR) is 94.7 cm³/mol. The van der Waals surface area contributed by atoms with Crippen molar-refractivity contribution in [1.29, 1.82) is 0 Å². The molecule has 1 N–H and O–H groups in total. The quantitative estimate of drug-likeness (QED) is 0.811. The first-order valence-corrected chi connectivity index (χ1v) is 8.44. The van der Waals surface area contributed by atoms with Crippen molar-refractivity contribution in [3.63, 3.8) is 0 Å². The smallest absolute Gasteiger partial charge is 0.416 e. The van der Waals surface area contributed by atoms with E-state index in [4.69, 9.17) is 4.74 Å². The number of nitrogens with zero attached hydrogens (tertiary/aromatic N) is 2. The van der Waals surface area contributed by atoms with Crippen molar-refractivity contribution in [2.75, 3.05) is 26.0 Å². The molecule has 1 aromatic heterocycles. The maximum Gasteiger partial charge on any atom is 0.416 e. The Labute approximate surface area is 159 Å². The van der Waals surface area contributed by atoms with Gasteiger partial charge in [-0.2, -0.15) is 18.2 Å². The molecule has 148 valence electrons. The maximum absolute atomic E-state index is 12.8. The molecule has 2 aromatic rings. The Bertz CT molecular complexity index is 884. The number of methoxy groups -OCH3 is 1. The lowest BCUT2D eigenvalue weighted by Gasteiger charge is -2.17. The first kappa shape index (κ1) is 19.7. The minimum atomic E-state index is -4.45. The lowest BCUT2D eigenvalue weighted by Crippen LogP contribution is -2.33.